The molecule has 2 aromatic rings. The van der Waals surface area contributed by atoms with Crippen LogP contribution in [0.4, 0.5) is 10.1 Å². The molecule has 322 valence electrons. The van der Waals surface area contributed by atoms with Gasteiger partial charge in [0.25, 0.3) is 5.91 Å². The van der Waals surface area contributed by atoms with E-state index in [1.54, 1.807) is 24.3 Å². The number of hydrazine groups is 1. The van der Waals surface area contributed by atoms with Gasteiger partial charge >= 0.3 is 0 Å². The van der Waals surface area contributed by atoms with Crippen LogP contribution in [-0.4, -0.2) is 113 Å². The summed E-state index contributed by atoms with van der Waals surface area (Å²) in [5.41, 5.74) is 10.7. The SMILES string of the molecule is CC1SC2C(C(c3ccc(N4CCC5(CC4)CCN(C4CCC(C(=O)NC6CCC(Oc7ccc(C#N)c(Cl)c7)CC6)=NN4C)C5)cc3F)=N[C@@H](C)C3NNC(C)N23)C1C. The van der Waals surface area contributed by atoms with Crippen molar-refractivity contribution < 1.29 is 13.9 Å². The molecule has 6 aliphatic heterocycles. The molecule has 0 aromatic heterocycles. The second-order valence-corrected chi connectivity index (χ2v) is 20.5. The molecule has 1 amide bonds. The molecule has 5 fully saturated rings. The number of hydrazone groups is 1. The first-order chi connectivity index (χ1) is 28.9. The molecule has 3 N–H and O–H groups in total. The maximum atomic E-state index is 16.4. The third kappa shape index (κ3) is 8.03. The van der Waals surface area contributed by atoms with Gasteiger partial charge in [0.2, 0.25) is 0 Å². The smallest absolute Gasteiger partial charge is 0.267 e. The van der Waals surface area contributed by atoms with E-state index >= 15 is 4.39 Å². The number of nitrogens with zero attached hydrogens (tertiary/aromatic N) is 7. The summed E-state index contributed by atoms with van der Waals surface area (Å²) >= 11 is 8.19. The fraction of sp³-hybridized carbons (Fsp3) is 0.644. The van der Waals surface area contributed by atoms with Gasteiger partial charge in [-0.1, -0.05) is 25.4 Å². The van der Waals surface area contributed by atoms with Crippen LogP contribution in [-0.2, 0) is 4.79 Å². The molecule has 0 radical (unpaired) electrons. The number of likely N-dealkylation sites (tertiary alicyclic amines) is 1. The van der Waals surface area contributed by atoms with Crippen LogP contribution in [0.15, 0.2) is 46.5 Å². The van der Waals surface area contributed by atoms with Crippen LogP contribution in [0.1, 0.15) is 96.6 Å². The van der Waals surface area contributed by atoms with Crippen LogP contribution in [0.5, 0.6) is 5.75 Å². The molecule has 9 rings (SSSR count). The molecule has 12 nitrogen and oxygen atoms in total. The number of anilines is 1. The Hall–Kier alpha value is -3.45. The van der Waals surface area contributed by atoms with Gasteiger partial charge in [-0.25, -0.2) is 15.2 Å². The zero-order valence-electron chi connectivity index (χ0n) is 35.5. The van der Waals surface area contributed by atoms with Crippen molar-refractivity contribution >= 4 is 46.4 Å². The number of halogens is 2. The predicted octanol–water partition coefficient (Wildman–Crippen LogP) is 6.54. The lowest BCUT2D eigenvalue weighted by Crippen LogP contribution is -2.50. The molecule has 0 bridgehead atoms. The average molecular weight is 860 g/mol. The largest absolute Gasteiger partial charge is 0.490 e. The zero-order valence-corrected chi connectivity index (χ0v) is 37.1. The van der Waals surface area contributed by atoms with E-state index < -0.39 is 0 Å². The van der Waals surface area contributed by atoms with E-state index in [0.717, 1.165) is 88.9 Å². The highest BCUT2D eigenvalue weighted by Gasteiger charge is 2.53. The van der Waals surface area contributed by atoms with Crippen molar-refractivity contribution in [2.45, 2.75) is 133 Å². The number of carbonyl (C=O) groups excluding carboxylic acids is 1. The molecular weight excluding hydrogens is 799 g/mol. The number of nitrogens with one attached hydrogen (secondary N) is 3. The Morgan fingerprint density at radius 1 is 1.03 bits per heavy atom. The summed E-state index contributed by atoms with van der Waals surface area (Å²) in [6.45, 7) is 12.8. The summed E-state index contributed by atoms with van der Waals surface area (Å²) in [6.07, 6.45) is 8.65. The first-order valence-electron chi connectivity index (χ1n) is 22.2. The van der Waals surface area contributed by atoms with Crippen molar-refractivity contribution in [1.82, 2.24) is 31.0 Å². The number of rotatable bonds is 7. The van der Waals surface area contributed by atoms with Crippen LogP contribution in [0, 0.1) is 34.4 Å². The molecule has 8 atom stereocenters. The topological polar surface area (TPSA) is 124 Å². The first kappa shape index (κ1) is 41.9. The fourth-order valence-corrected chi connectivity index (χ4v) is 13.2. The van der Waals surface area contributed by atoms with Crippen LogP contribution in [0.25, 0.3) is 0 Å². The standard InChI is InChI=1S/C45H60ClFN10O2S/c1-26-28(3)60-44-40(26)41(49-27(2)42-52-51-29(4)57(42)44)35-13-9-32(22-37(35)47)55-19-16-45(17-20-55)18-21-56(25-45)39-15-14-38(53-54(39)5)43(58)50-31-7-11-33(12-8-31)59-34-10-6-30(24-48)36(46)23-34/h6,9-10,13,22-23,26-29,31,33,39-40,42,44,51-52H,7-8,11-12,14-21,25H2,1-5H3,(H,50,58)/t26?,27-,28?,29?,31?,33?,39?,40?,42?,44?/m0/s1. The van der Waals surface area contributed by atoms with Crippen molar-refractivity contribution in [3.8, 4) is 11.8 Å². The minimum Gasteiger partial charge on any atom is -0.490 e. The summed E-state index contributed by atoms with van der Waals surface area (Å²) < 4.78 is 22.5. The van der Waals surface area contributed by atoms with E-state index in [1.165, 1.54) is 0 Å². The Morgan fingerprint density at radius 3 is 2.52 bits per heavy atom. The lowest BCUT2D eigenvalue weighted by Gasteiger charge is -2.42. The molecule has 7 unspecified atom stereocenters. The number of amides is 1. The summed E-state index contributed by atoms with van der Waals surface area (Å²) in [5.74, 6) is 0.974. The van der Waals surface area contributed by atoms with E-state index in [9.17, 15) is 4.79 Å². The number of aliphatic imine (C=N–C) groups is 1. The van der Waals surface area contributed by atoms with Crippen LogP contribution >= 0.6 is 23.4 Å². The van der Waals surface area contributed by atoms with Crippen molar-refractivity contribution in [3.63, 3.8) is 0 Å². The third-order valence-electron chi connectivity index (χ3n) is 14.9. The van der Waals surface area contributed by atoms with Gasteiger partial charge in [0.05, 0.1) is 52.3 Å². The Morgan fingerprint density at radius 2 is 1.80 bits per heavy atom. The maximum Gasteiger partial charge on any atom is 0.267 e. The van der Waals surface area contributed by atoms with E-state index in [0.29, 0.717) is 45.2 Å². The van der Waals surface area contributed by atoms with Gasteiger partial charge in [0, 0.05) is 74.2 Å². The first-order valence-corrected chi connectivity index (χ1v) is 23.5. The van der Waals surface area contributed by atoms with Crippen LogP contribution in [0.3, 0.4) is 0 Å². The predicted molar refractivity (Wildman–Crippen MR) is 237 cm³/mol. The van der Waals surface area contributed by atoms with Crippen molar-refractivity contribution in [2.75, 3.05) is 38.1 Å². The molecule has 4 saturated heterocycles. The quantitative estimate of drug-likeness (QED) is 0.283. The van der Waals surface area contributed by atoms with Gasteiger partial charge in [0.15, 0.2) is 0 Å². The number of piperidine rings is 1. The van der Waals surface area contributed by atoms with Gasteiger partial charge in [-0.15, -0.1) is 11.8 Å². The summed E-state index contributed by atoms with van der Waals surface area (Å²) in [5, 5.41) is 20.3. The minimum absolute atomic E-state index is 0.0109. The molecular formula is C45H60ClFN10O2S. The van der Waals surface area contributed by atoms with Gasteiger partial charge in [-0.2, -0.15) is 10.4 Å². The highest BCUT2D eigenvalue weighted by atomic mass is 35.5. The zero-order chi connectivity index (χ0) is 41.9. The third-order valence-corrected chi connectivity index (χ3v) is 16.9. The second-order valence-electron chi connectivity index (χ2n) is 18.6. The van der Waals surface area contributed by atoms with Gasteiger partial charge in [0.1, 0.15) is 23.3 Å². The number of hydrogen-bond donors (Lipinski definition) is 3. The molecule has 1 spiro atoms. The van der Waals surface area contributed by atoms with Gasteiger partial charge in [-0.3, -0.25) is 24.6 Å². The molecule has 7 aliphatic rings. The number of ether oxygens (including phenoxy) is 1. The Labute approximate surface area is 363 Å². The highest BCUT2D eigenvalue weighted by molar-refractivity contribution is 8.00. The van der Waals surface area contributed by atoms with E-state index in [-0.39, 0.29) is 65.1 Å². The number of hydrogen-bond acceptors (Lipinski definition) is 12. The normalized spacial score (nSPS) is 34.4. The average Bonchev–Trinajstić information content (AvgIpc) is 3.89. The summed E-state index contributed by atoms with van der Waals surface area (Å²) in [7, 11) is 2.01. The highest BCUT2D eigenvalue weighted by Crippen LogP contribution is 2.49. The Kier molecular flexibility index (Phi) is 11.9. The second kappa shape index (κ2) is 17.0. The number of nitriles is 1. The van der Waals surface area contributed by atoms with Crippen molar-refractivity contribution in [1.29, 1.82) is 5.26 Å². The number of thioether (sulfide) groups is 1. The summed E-state index contributed by atoms with van der Waals surface area (Å²) in [6, 6.07) is 13.2. The number of benzene rings is 2. The van der Waals surface area contributed by atoms with E-state index in [1.807, 2.05) is 29.9 Å². The molecule has 2 aromatic carbocycles. The monoisotopic (exact) mass is 858 g/mol. The molecule has 1 aliphatic carbocycles. The number of carbonyl (C=O) groups is 1. The Balaban J connectivity index is 0.767. The van der Waals surface area contributed by atoms with E-state index in [4.69, 9.17) is 31.7 Å². The maximum absolute atomic E-state index is 16.4. The minimum atomic E-state index is -0.166. The fourth-order valence-electron chi connectivity index (χ4n) is 11.2. The molecule has 15 heteroatoms. The summed E-state index contributed by atoms with van der Waals surface area (Å²) in [4.78, 5) is 26.1. The van der Waals surface area contributed by atoms with Crippen molar-refractivity contribution in [3.05, 3.63) is 58.4 Å². The van der Waals surface area contributed by atoms with Gasteiger partial charge in [-0.05, 0) is 107 Å². The lowest BCUT2D eigenvalue weighted by atomic mass is 9.77. The molecule has 60 heavy (non-hydrogen) atoms. The molecule has 1 saturated carbocycles. The van der Waals surface area contributed by atoms with Crippen LogP contribution in [0.2, 0.25) is 5.02 Å². The lowest BCUT2D eigenvalue weighted by molar-refractivity contribution is -0.116. The van der Waals surface area contributed by atoms with Gasteiger partial charge < -0.3 is 15.0 Å². The Bertz CT molecular complexity index is 2050. The van der Waals surface area contributed by atoms with Crippen molar-refractivity contribution in [2.24, 2.45) is 27.3 Å². The molecule has 6 heterocycles. The number of fused-ring (bicyclic) bond motifs is 3. The van der Waals surface area contributed by atoms with Crippen LogP contribution < -0.4 is 25.8 Å². The van der Waals surface area contributed by atoms with E-state index in [2.05, 4.69) is 70.7 Å².